The molecule has 3 rings (SSSR count). The van der Waals surface area contributed by atoms with Crippen molar-refractivity contribution >= 4 is 21.0 Å². The molecule has 0 radical (unpaired) electrons. The summed E-state index contributed by atoms with van der Waals surface area (Å²) >= 11 is 0. The van der Waals surface area contributed by atoms with E-state index in [2.05, 4.69) is 92.7 Å². The van der Waals surface area contributed by atoms with Crippen LogP contribution in [0, 0.1) is 0 Å². The van der Waals surface area contributed by atoms with E-state index in [1.165, 1.54) is 77.2 Å². The Labute approximate surface area is 222 Å². The molecule has 202 valence electrons. The fourth-order valence-electron chi connectivity index (χ4n) is 3.71. The van der Waals surface area contributed by atoms with Crippen molar-refractivity contribution in [2.75, 3.05) is 0 Å². The molecule has 3 aromatic carbocycles. The minimum absolute atomic E-state index is 0.0458. The molecule has 0 aliphatic rings. The second kappa shape index (κ2) is 15.2. The fraction of sp³-hybridized carbons (Fsp3) is 0.379. The van der Waals surface area contributed by atoms with Crippen molar-refractivity contribution in [3.05, 3.63) is 90.0 Å². The number of alkyl halides is 3. The first-order valence-corrected chi connectivity index (χ1v) is 15.2. The van der Waals surface area contributed by atoms with Crippen LogP contribution in [0.3, 0.4) is 0 Å². The highest BCUT2D eigenvalue weighted by Crippen LogP contribution is 2.31. The van der Waals surface area contributed by atoms with Gasteiger partial charge in [0.25, 0.3) is 0 Å². The second-order valence-corrected chi connectivity index (χ2v) is 12.1. The first kappa shape index (κ1) is 30.9. The smallest absolute Gasteiger partial charge is 0.485 e. The van der Waals surface area contributed by atoms with Gasteiger partial charge in [-0.1, -0.05) is 82.0 Å². The second-order valence-electron chi connectivity index (χ2n) is 8.72. The standard InChI is InChI=1S/C28H35S.CHF3O3S/c1-3-5-8-12-24-16-20-27(21-17-24)29(26-14-10-7-11-15-26)28-22-18-25(19-23-28)13-9-6-4-2;2-1(3,4)8(5,6)7/h7,10-11,14-23H,3-6,8-9,12-13H2,1-2H3;(H,5,6,7)/q+1;/p-1. The van der Waals surface area contributed by atoms with Crippen LogP contribution < -0.4 is 0 Å². The van der Waals surface area contributed by atoms with E-state index in [9.17, 15) is 13.2 Å². The Bertz CT molecular complexity index is 1090. The predicted octanol–water partition coefficient (Wildman–Crippen LogP) is 8.30. The van der Waals surface area contributed by atoms with Crippen LogP contribution in [0.2, 0.25) is 0 Å². The van der Waals surface area contributed by atoms with Crippen LogP contribution in [-0.2, 0) is 33.9 Å². The van der Waals surface area contributed by atoms with Gasteiger partial charge in [0.15, 0.2) is 24.8 Å². The number of hydrogen-bond donors (Lipinski definition) is 0. The third-order valence-corrected chi connectivity index (χ3v) is 8.52. The summed E-state index contributed by atoms with van der Waals surface area (Å²) in [6.45, 7) is 4.54. The predicted molar refractivity (Wildman–Crippen MR) is 144 cm³/mol. The van der Waals surface area contributed by atoms with Crippen LogP contribution in [0.4, 0.5) is 13.2 Å². The lowest BCUT2D eigenvalue weighted by Crippen LogP contribution is -2.21. The van der Waals surface area contributed by atoms with E-state index in [-0.39, 0.29) is 10.9 Å². The molecule has 0 saturated heterocycles. The van der Waals surface area contributed by atoms with E-state index in [4.69, 9.17) is 13.0 Å². The SMILES string of the molecule is CCCCCc1ccc([S+](c2ccccc2)c2ccc(CCCCC)cc2)cc1.O=S(=O)([O-])C(F)(F)F. The number of unbranched alkanes of at least 4 members (excludes halogenated alkanes) is 4. The molecular formula is C29H35F3O3S2. The molecule has 37 heavy (non-hydrogen) atoms. The quantitative estimate of drug-likeness (QED) is 0.104. The normalized spacial score (nSPS) is 11.8. The Balaban J connectivity index is 0.000000521. The molecule has 0 fully saturated rings. The molecule has 0 atom stereocenters. The number of hydrogen-bond acceptors (Lipinski definition) is 3. The van der Waals surface area contributed by atoms with Gasteiger partial charge in [0, 0.05) is 0 Å². The lowest BCUT2D eigenvalue weighted by atomic mass is 10.1. The summed E-state index contributed by atoms with van der Waals surface area (Å²) in [4.78, 5) is 4.22. The molecule has 3 nitrogen and oxygen atoms in total. The summed E-state index contributed by atoms with van der Waals surface area (Å²) in [5.74, 6) is 0. The first-order valence-electron chi connectivity index (χ1n) is 12.6. The van der Waals surface area contributed by atoms with Crippen LogP contribution >= 0.6 is 0 Å². The average molecular weight is 553 g/mol. The van der Waals surface area contributed by atoms with Gasteiger partial charge in [-0.25, -0.2) is 8.42 Å². The minimum atomic E-state index is -6.09. The molecule has 3 aromatic rings. The molecule has 0 aromatic heterocycles. The number of aryl methyl sites for hydroxylation is 2. The number of benzene rings is 3. The molecule has 0 saturated carbocycles. The molecule has 0 bridgehead atoms. The summed E-state index contributed by atoms with van der Waals surface area (Å²) in [7, 11) is -6.14. The molecule has 0 heterocycles. The van der Waals surface area contributed by atoms with Gasteiger partial charge in [0.1, 0.15) is 0 Å². The van der Waals surface area contributed by atoms with E-state index in [1.807, 2.05) is 0 Å². The topological polar surface area (TPSA) is 57.2 Å². The fourth-order valence-corrected chi connectivity index (χ4v) is 5.77. The molecule has 0 amide bonds. The van der Waals surface area contributed by atoms with Crippen LogP contribution in [0.1, 0.15) is 63.5 Å². The molecule has 8 heteroatoms. The van der Waals surface area contributed by atoms with Crippen molar-refractivity contribution in [2.45, 2.75) is 85.4 Å². The van der Waals surface area contributed by atoms with Gasteiger partial charge in [0.2, 0.25) is 0 Å². The highest BCUT2D eigenvalue weighted by molar-refractivity contribution is 7.97. The van der Waals surface area contributed by atoms with Crippen LogP contribution in [0.5, 0.6) is 0 Å². The van der Waals surface area contributed by atoms with Crippen molar-refractivity contribution in [3.8, 4) is 0 Å². The van der Waals surface area contributed by atoms with Gasteiger partial charge >= 0.3 is 5.51 Å². The highest BCUT2D eigenvalue weighted by Gasteiger charge is 2.37. The maximum absolute atomic E-state index is 10.7. The zero-order valence-electron chi connectivity index (χ0n) is 21.3. The maximum Gasteiger partial charge on any atom is 0.485 e. The van der Waals surface area contributed by atoms with Crippen molar-refractivity contribution in [1.82, 2.24) is 0 Å². The van der Waals surface area contributed by atoms with Gasteiger partial charge in [-0.05, 0) is 73.2 Å². The third kappa shape index (κ3) is 10.5. The number of rotatable bonds is 11. The average Bonchev–Trinajstić information content (AvgIpc) is 2.86. The Morgan fingerprint density at radius 2 is 1.00 bits per heavy atom. The summed E-state index contributed by atoms with van der Waals surface area (Å²) in [5, 5.41) is 0. The zero-order chi connectivity index (χ0) is 27.3. The van der Waals surface area contributed by atoms with Gasteiger partial charge in [-0.2, -0.15) is 13.2 Å². The molecule has 0 N–H and O–H groups in total. The van der Waals surface area contributed by atoms with Gasteiger partial charge < -0.3 is 4.55 Å². The van der Waals surface area contributed by atoms with Crippen LogP contribution in [0.15, 0.2) is 93.5 Å². The Morgan fingerprint density at radius 1 is 0.649 bits per heavy atom. The van der Waals surface area contributed by atoms with Crippen molar-refractivity contribution in [2.24, 2.45) is 0 Å². The lowest BCUT2D eigenvalue weighted by molar-refractivity contribution is -0.0517. The van der Waals surface area contributed by atoms with Crippen molar-refractivity contribution in [1.29, 1.82) is 0 Å². The maximum atomic E-state index is 10.7. The Kier molecular flexibility index (Phi) is 12.7. The van der Waals surface area contributed by atoms with Gasteiger partial charge in [-0.15, -0.1) is 0 Å². The highest BCUT2D eigenvalue weighted by atomic mass is 32.2. The van der Waals surface area contributed by atoms with Crippen LogP contribution in [-0.4, -0.2) is 18.5 Å². The van der Waals surface area contributed by atoms with Crippen molar-refractivity contribution in [3.63, 3.8) is 0 Å². The summed E-state index contributed by atoms with van der Waals surface area (Å²) in [5.41, 5.74) is -2.72. The van der Waals surface area contributed by atoms with E-state index in [0.29, 0.717) is 0 Å². The zero-order valence-corrected chi connectivity index (χ0v) is 23.0. The summed E-state index contributed by atoms with van der Waals surface area (Å²) in [6, 6.07) is 29.7. The van der Waals surface area contributed by atoms with Crippen molar-refractivity contribution < 1.29 is 26.1 Å². The van der Waals surface area contributed by atoms with E-state index in [1.54, 1.807) is 0 Å². The van der Waals surface area contributed by atoms with Gasteiger partial charge in [-0.3, -0.25) is 0 Å². The summed E-state index contributed by atoms with van der Waals surface area (Å²) < 4.78 is 58.9. The number of halogens is 3. The first-order chi connectivity index (χ1) is 17.6. The largest absolute Gasteiger partial charge is 0.741 e. The molecule has 0 aliphatic heterocycles. The van der Waals surface area contributed by atoms with E-state index >= 15 is 0 Å². The monoisotopic (exact) mass is 552 g/mol. The molecular weight excluding hydrogens is 517 g/mol. The molecule has 0 unspecified atom stereocenters. The molecule has 0 aliphatic carbocycles. The van der Waals surface area contributed by atoms with Crippen LogP contribution in [0.25, 0.3) is 0 Å². The Morgan fingerprint density at radius 3 is 1.32 bits per heavy atom. The third-order valence-electron chi connectivity index (χ3n) is 5.72. The van der Waals surface area contributed by atoms with E-state index < -0.39 is 15.6 Å². The Hall–Kier alpha value is -2.29. The molecule has 0 spiro atoms. The van der Waals surface area contributed by atoms with Gasteiger partial charge in [0.05, 0.1) is 10.9 Å². The summed E-state index contributed by atoms with van der Waals surface area (Å²) in [6.07, 6.45) is 10.2. The lowest BCUT2D eigenvalue weighted by Gasteiger charge is -2.10. The van der Waals surface area contributed by atoms with E-state index in [0.717, 1.165) is 0 Å². The minimum Gasteiger partial charge on any atom is -0.741 e.